The molecule has 0 spiro atoms. The molecule has 0 aliphatic heterocycles. The van der Waals surface area contributed by atoms with Crippen LogP contribution < -0.4 is 140 Å². The van der Waals surface area contributed by atoms with E-state index < -0.39 is 22.7 Å². The van der Waals surface area contributed by atoms with Gasteiger partial charge in [-0.2, -0.15) is 0 Å². The Balaban J connectivity index is -0.0000000112. The molecule has 52 valence electrons. The summed E-state index contributed by atoms with van der Waals surface area (Å²) in [7, 11) is 0. The smallest absolute Gasteiger partial charge is 0.784 e. The van der Waals surface area contributed by atoms with Gasteiger partial charge in [-0.1, -0.05) is 0 Å². The molecule has 0 heterocycles. The van der Waals surface area contributed by atoms with E-state index in [1.54, 1.807) is 0 Å². The summed E-state index contributed by atoms with van der Waals surface area (Å²) in [5.41, 5.74) is 0. The molecule has 0 N–H and O–H groups in total. The molecule has 0 atom stereocenters. The molecule has 0 unspecified atom stereocenters. The summed E-state index contributed by atoms with van der Waals surface area (Å²) in [5, 5.41) is 0. The third-order valence-corrected chi connectivity index (χ3v) is 0. The molecule has 0 saturated heterocycles. The van der Waals surface area contributed by atoms with Crippen LogP contribution in [-0.2, 0) is 22.7 Å². The van der Waals surface area contributed by atoms with E-state index in [9.17, 15) is 0 Å². The van der Waals surface area contributed by atoms with Gasteiger partial charge in [-0.25, -0.2) is 0 Å². The Morgan fingerprint density at radius 2 is 0.667 bits per heavy atom. The van der Waals surface area contributed by atoms with Gasteiger partial charge in [0.05, 0.1) is 0 Å². The minimum atomic E-state index is -3.11. The zero-order valence-electron chi connectivity index (χ0n) is 7.27. The molecule has 0 aromatic heterocycles. The van der Waals surface area contributed by atoms with E-state index in [0.717, 1.165) is 0 Å². The maximum atomic E-state index is 8.44. The van der Waals surface area contributed by atoms with Gasteiger partial charge >= 0.3 is 140 Å². The molecule has 0 saturated carbocycles. The monoisotopic (exact) mass is 252 g/mol. The molecule has 0 rings (SSSR count). The van der Waals surface area contributed by atoms with Gasteiger partial charge in [-0.05, 0) is 0 Å². The second-order valence-corrected chi connectivity index (χ2v) is 1.22. The van der Waals surface area contributed by atoms with Gasteiger partial charge in [-0.15, -0.1) is 22.7 Å². The topological polar surface area (TPSA) is 126 Å². The predicted molar refractivity (Wildman–Crippen MR) is 19.4 cm³/mol. The van der Waals surface area contributed by atoms with Crippen molar-refractivity contribution in [2.24, 2.45) is 0 Å². The van der Waals surface area contributed by atoms with Crippen molar-refractivity contribution in [2.75, 3.05) is 0 Å². The number of rotatable bonds is 0. The minimum absolute atomic E-state index is 0. The molecule has 0 aromatic rings. The van der Waals surface area contributed by atoms with Gasteiger partial charge in [0.2, 0.25) is 0 Å². The molecular formula is K2Li2O6S2. The summed E-state index contributed by atoms with van der Waals surface area (Å²) >= 11 is -6.22. The van der Waals surface area contributed by atoms with Crippen LogP contribution in [0.5, 0.6) is 0 Å². The van der Waals surface area contributed by atoms with Crippen molar-refractivity contribution in [2.45, 2.75) is 0 Å². The summed E-state index contributed by atoms with van der Waals surface area (Å²) < 4.78 is 50.7. The first kappa shape index (κ1) is 36.0. The van der Waals surface area contributed by atoms with E-state index >= 15 is 0 Å². The molecule has 0 aromatic carbocycles. The van der Waals surface area contributed by atoms with E-state index in [1.807, 2.05) is 0 Å². The van der Waals surface area contributed by atoms with Crippen LogP contribution >= 0.6 is 0 Å². The van der Waals surface area contributed by atoms with Crippen LogP contribution in [0.15, 0.2) is 0 Å². The van der Waals surface area contributed by atoms with Gasteiger partial charge in [-0.3, -0.25) is 8.42 Å². The molecule has 0 aliphatic rings. The average Bonchev–Trinajstić information content (AvgIpc) is 1.25. The van der Waals surface area contributed by atoms with Crippen molar-refractivity contribution in [3.63, 3.8) is 0 Å². The van der Waals surface area contributed by atoms with Gasteiger partial charge in [0, 0.05) is 0 Å². The van der Waals surface area contributed by atoms with Crippen molar-refractivity contribution in [3.8, 4) is 0 Å². The average molecular weight is 252 g/mol. The van der Waals surface area contributed by atoms with Crippen LogP contribution in [0.2, 0.25) is 0 Å². The Morgan fingerprint density at radius 3 is 0.667 bits per heavy atom. The van der Waals surface area contributed by atoms with E-state index in [2.05, 4.69) is 0 Å². The molecule has 12 heteroatoms. The van der Waals surface area contributed by atoms with Crippen LogP contribution in [0, 0.1) is 0 Å². The Hall–Kier alpha value is 4.61. The molecule has 0 radical (unpaired) electrons. The Kier molecular flexibility index (Phi) is 88.7. The molecule has 0 aliphatic carbocycles. The molecule has 0 fully saturated rings. The fourth-order valence-electron chi connectivity index (χ4n) is 0. The van der Waals surface area contributed by atoms with Gasteiger partial charge in [0.15, 0.2) is 0 Å². The van der Waals surface area contributed by atoms with Crippen molar-refractivity contribution < 1.29 is 167 Å². The molecule has 0 amide bonds. The fourth-order valence-corrected chi connectivity index (χ4v) is 0. The summed E-state index contributed by atoms with van der Waals surface area (Å²) in [6.07, 6.45) is 0. The maximum absolute atomic E-state index is 8.44. The predicted octanol–water partition coefficient (Wildman–Crippen LogP) is -14.0. The Labute approximate surface area is 185 Å². The first-order chi connectivity index (χ1) is 3.46. The third kappa shape index (κ3) is 127. The SMILES string of the molecule is O=S([O-])[O-].O=S([O-])[O-].[K+].[K+].[Li+].[Li+]. The zero-order chi connectivity index (χ0) is 7.15. The van der Waals surface area contributed by atoms with Gasteiger partial charge in [0.1, 0.15) is 0 Å². The summed E-state index contributed by atoms with van der Waals surface area (Å²) in [5.74, 6) is 0. The quantitative estimate of drug-likeness (QED) is 0.311. The van der Waals surface area contributed by atoms with Crippen molar-refractivity contribution in [3.05, 3.63) is 0 Å². The van der Waals surface area contributed by atoms with Gasteiger partial charge < -0.3 is 18.2 Å². The van der Waals surface area contributed by atoms with Crippen LogP contribution in [0.25, 0.3) is 0 Å². The summed E-state index contributed by atoms with van der Waals surface area (Å²) in [6.45, 7) is 0. The Bertz CT molecular complexity index is 79.5. The third-order valence-electron chi connectivity index (χ3n) is 0. The molecule has 6 nitrogen and oxygen atoms in total. The molecule has 0 bridgehead atoms. The first-order valence-electron chi connectivity index (χ1n) is 1.00. The van der Waals surface area contributed by atoms with Crippen molar-refractivity contribution in [1.29, 1.82) is 0 Å². The molecular weight excluding hydrogens is 252 g/mol. The van der Waals surface area contributed by atoms with E-state index in [0.29, 0.717) is 0 Å². The maximum Gasteiger partial charge on any atom is 1.00 e. The van der Waals surface area contributed by atoms with E-state index in [4.69, 9.17) is 26.6 Å². The standard InChI is InChI=1S/2K.2Li.2H2O3S/c;;;;2*1-4(2)3/h;;;;2*(H2,1,2,3)/q4*+1;;/p-4. The van der Waals surface area contributed by atoms with Crippen LogP contribution in [-0.4, -0.2) is 26.6 Å². The second-order valence-electron chi connectivity index (χ2n) is 0.408. The second kappa shape index (κ2) is 29.6. The number of hydrogen-bond donors (Lipinski definition) is 0. The van der Waals surface area contributed by atoms with Gasteiger partial charge in [0.25, 0.3) is 0 Å². The first-order valence-corrected chi connectivity index (χ1v) is 3.00. The zero-order valence-corrected chi connectivity index (χ0v) is 15.1. The van der Waals surface area contributed by atoms with Crippen molar-refractivity contribution >= 4 is 22.7 Å². The van der Waals surface area contributed by atoms with E-state index in [-0.39, 0.29) is 140 Å². The summed E-state index contributed by atoms with van der Waals surface area (Å²) in [6, 6.07) is 0. The molecule has 12 heavy (non-hydrogen) atoms. The minimum Gasteiger partial charge on any atom is -0.784 e. The van der Waals surface area contributed by atoms with Crippen LogP contribution in [0.3, 0.4) is 0 Å². The fraction of sp³-hybridized carbons (Fsp3) is 0. The normalized spacial score (nSPS) is 5.83. The van der Waals surface area contributed by atoms with Crippen LogP contribution in [0.4, 0.5) is 0 Å². The van der Waals surface area contributed by atoms with E-state index in [1.165, 1.54) is 0 Å². The van der Waals surface area contributed by atoms with Crippen LogP contribution in [0.1, 0.15) is 0 Å². The summed E-state index contributed by atoms with van der Waals surface area (Å²) in [4.78, 5) is 0. The van der Waals surface area contributed by atoms with Crippen molar-refractivity contribution in [1.82, 2.24) is 0 Å². The number of hydrogen-bond acceptors (Lipinski definition) is 6. The largest absolute Gasteiger partial charge is 1.00 e. The Morgan fingerprint density at radius 1 is 0.667 bits per heavy atom.